The number of rotatable bonds is 2. The molecule has 0 spiro atoms. The molecule has 0 aromatic rings. The normalized spacial score (nSPS) is 51.0. The highest BCUT2D eigenvalue weighted by Gasteiger charge is 2.56. The van der Waals surface area contributed by atoms with Gasteiger partial charge in [0, 0.05) is 6.54 Å². The zero-order chi connectivity index (χ0) is 7.19. The molecule has 3 nitrogen and oxygen atoms in total. The zero-order valence-corrected chi connectivity index (χ0v) is 5.92. The SMILES string of the molecule is NCC12CC(C1)C(CO)O2. The Balaban J connectivity index is 2.02. The summed E-state index contributed by atoms with van der Waals surface area (Å²) in [6, 6.07) is 0. The van der Waals surface area contributed by atoms with Crippen molar-refractivity contribution < 1.29 is 9.84 Å². The summed E-state index contributed by atoms with van der Waals surface area (Å²) in [6.45, 7) is 0.770. The van der Waals surface area contributed by atoms with Crippen molar-refractivity contribution in [2.24, 2.45) is 11.7 Å². The van der Waals surface area contributed by atoms with Gasteiger partial charge in [-0.3, -0.25) is 0 Å². The van der Waals surface area contributed by atoms with Gasteiger partial charge in [-0.25, -0.2) is 0 Å². The summed E-state index contributed by atoms with van der Waals surface area (Å²) in [6.07, 6.45) is 2.22. The molecule has 10 heavy (non-hydrogen) atoms. The van der Waals surface area contributed by atoms with Gasteiger partial charge in [0.15, 0.2) is 0 Å². The predicted octanol–water partition coefficient (Wildman–Crippen LogP) is -0.515. The van der Waals surface area contributed by atoms with Gasteiger partial charge in [-0.05, 0) is 18.8 Å². The maximum Gasteiger partial charge on any atom is 0.0844 e. The third kappa shape index (κ3) is 0.654. The third-order valence-electron chi connectivity index (χ3n) is 2.75. The van der Waals surface area contributed by atoms with Crippen molar-refractivity contribution in [3.05, 3.63) is 0 Å². The van der Waals surface area contributed by atoms with Crippen LogP contribution in [0.1, 0.15) is 12.8 Å². The smallest absolute Gasteiger partial charge is 0.0844 e. The first-order valence-corrected chi connectivity index (χ1v) is 3.78. The van der Waals surface area contributed by atoms with Crippen LogP contribution in [0.25, 0.3) is 0 Å². The third-order valence-corrected chi connectivity index (χ3v) is 2.75. The zero-order valence-electron chi connectivity index (χ0n) is 5.92. The van der Waals surface area contributed by atoms with E-state index in [0.29, 0.717) is 12.5 Å². The van der Waals surface area contributed by atoms with Crippen LogP contribution in [0, 0.1) is 5.92 Å². The summed E-state index contributed by atoms with van der Waals surface area (Å²) in [4.78, 5) is 0. The van der Waals surface area contributed by atoms with E-state index < -0.39 is 0 Å². The largest absolute Gasteiger partial charge is 0.394 e. The van der Waals surface area contributed by atoms with Crippen molar-refractivity contribution in [2.45, 2.75) is 24.5 Å². The summed E-state index contributed by atoms with van der Waals surface area (Å²) in [5.74, 6) is 0.591. The lowest BCUT2D eigenvalue weighted by atomic mass is 9.73. The van der Waals surface area contributed by atoms with E-state index in [2.05, 4.69) is 0 Å². The Morgan fingerprint density at radius 1 is 1.60 bits per heavy atom. The van der Waals surface area contributed by atoms with Gasteiger partial charge >= 0.3 is 0 Å². The first kappa shape index (κ1) is 6.58. The molecule has 2 bridgehead atoms. The summed E-state index contributed by atoms with van der Waals surface area (Å²) in [5, 5.41) is 8.81. The number of fused-ring (bicyclic) bond motifs is 1. The maximum atomic E-state index is 8.81. The van der Waals surface area contributed by atoms with Crippen molar-refractivity contribution in [1.82, 2.24) is 0 Å². The number of hydrogen-bond acceptors (Lipinski definition) is 3. The van der Waals surface area contributed by atoms with Crippen LogP contribution in [0.2, 0.25) is 0 Å². The van der Waals surface area contributed by atoms with Crippen LogP contribution in [0.4, 0.5) is 0 Å². The van der Waals surface area contributed by atoms with Crippen molar-refractivity contribution in [3.8, 4) is 0 Å². The van der Waals surface area contributed by atoms with Crippen molar-refractivity contribution in [1.29, 1.82) is 0 Å². The van der Waals surface area contributed by atoms with Gasteiger partial charge in [0.1, 0.15) is 0 Å². The van der Waals surface area contributed by atoms with Crippen LogP contribution in [-0.2, 0) is 4.74 Å². The lowest BCUT2D eigenvalue weighted by molar-refractivity contribution is -0.0298. The van der Waals surface area contributed by atoms with Crippen LogP contribution < -0.4 is 5.73 Å². The molecule has 0 aromatic carbocycles. The van der Waals surface area contributed by atoms with E-state index in [9.17, 15) is 0 Å². The Bertz CT molecular complexity index is 143. The van der Waals surface area contributed by atoms with Crippen molar-refractivity contribution in [2.75, 3.05) is 13.2 Å². The Morgan fingerprint density at radius 2 is 2.30 bits per heavy atom. The predicted molar refractivity (Wildman–Crippen MR) is 36.5 cm³/mol. The second-order valence-corrected chi connectivity index (χ2v) is 3.39. The highest BCUT2D eigenvalue weighted by Crippen LogP contribution is 2.51. The average Bonchev–Trinajstić information content (AvgIpc) is 2.38. The highest BCUT2D eigenvalue weighted by atomic mass is 16.5. The molecule has 1 aliphatic carbocycles. The number of aliphatic hydroxyl groups excluding tert-OH is 1. The highest BCUT2D eigenvalue weighted by molar-refractivity contribution is 5.06. The van der Waals surface area contributed by atoms with Gasteiger partial charge in [0.2, 0.25) is 0 Å². The maximum absolute atomic E-state index is 8.81. The van der Waals surface area contributed by atoms with E-state index in [-0.39, 0.29) is 18.3 Å². The summed E-state index contributed by atoms with van der Waals surface area (Å²) in [5.41, 5.74) is 5.49. The van der Waals surface area contributed by atoms with Crippen molar-refractivity contribution in [3.63, 3.8) is 0 Å². The molecule has 2 aliphatic heterocycles. The van der Waals surface area contributed by atoms with Gasteiger partial charge in [-0.15, -0.1) is 0 Å². The fourth-order valence-corrected chi connectivity index (χ4v) is 2.07. The van der Waals surface area contributed by atoms with E-state index in [0.717, 1.165) is 12.8 Å². The minimum Gasteiger partial charge on any atom is -0.394 e. The first-order chi connectivity index (χ1) is 4.79. The molecule has 0 radical (unpaired) electrons. The van der Waals surface area contributed by atoms with E-state index in [1.807, 2.05) is 0 Å². The average molecular weight is 143 g/mol. The molecule has 2 heterocycles. The standard InChI is InChI=1S/C7H13NO2/c8-4-7-1-5(2-7)6(3-9)10-7/h5-6,9H,1-4,8H2. The fourth-order valence-electron chi connectivity index (χ4n) is 2.07. The number of nitrogens with two attached hydrogens (primary N) is 1. The summed E-state index contributed by atoms with van der Waals surface area (Å²) < 4.78 is 5.55. The fraction of sp³-hybridized carbons (Fsp3) is 1.00. The Labute approximate surface area is 60.2 Å². The number of aliphatic hydroxyl groups is 1. The minimum atomic E-state index is -0.0297. The Hall–Kier alpha value is -0.120. The topological polar surface area (TPSA) is 55.5 Å². The molecule has 3 aliphatic rings. The quantitative estimate of drug-likeness (QED) is 0.547. The summed E-state index contributed by atoms with van der Waals surface area (Å²) in [7, 11) is 0. The molecular weight excluding hydrogens is 130 g/mol. The van der Waals surface area contributed by atoms with E-state index in [1.165, 1.54) is 0 Å². The second kappa shape index (κ2) is 1.94. The lowest BCUT2D eigenvalue weighted by Crippen LogP contribution is -2.43. The molecule has 1 saturated carbocycles. The van der Waals surface area contributed by atoms with Gasteiger partial charge < -0.3 is 15.6 Å². The number of hydrogen-bond donors (Lipinski definition) is 2. The molecule has 3 N–H and O–H groups in total. The van der Waals surface area contributed by atoms with Crippen LogP contribution in [-0.4, -0.2) is 30.0 Å². The molecule has 1 atom stereocenters. The van der Waals surface area contributed by atoms with Crippen LogP contribution in [0.5, 0.6) is 0 Å². The van der Waals surface area contributed by atoms with Crippen LogP contribution in [0.3, 0.4) is 0 Å². The lowest BCUT2D eigenvalue weighted by Gasteiger charge is -2.34. The molecule has 0 aromatic heterocycles. The Kier molecular flexibility index (Phi) is 1.27. The van der Waals surface area contributed by atoms with E-state index in [1.54, 1.807) is 0 Å². The minimum absolute atomic E-state index is 0.0297. The first-order valence-electron chi connectivity index (χ1n) is 3.78. The second-order valence-electron chi connectivity index (χ2n) is 3.39. The van der Waals surface area contributed by atoms with Crippen LogP contribution >= 0.6 is 0 Å². The van der Waals surface area contributed by atoms with Gasteiger partial charge in [0.25, 0.3) is 0 Å². The molecule has 0 amide bonds. The van der Waals surface area contributed by atoms with Gasteiger partial charge in [0.05, 0.1) is 18.3 Å². The summed E-state index contributed by atoms with van der Waals surface area (Å²) >= 11 is 0. The van der Waals surface area contributed by atoms with Crippen molar-refractivity contribution >= 4 is 0 Å². The molecule has 1 unspecified atom stereocenters. The van der Waals surface area contributed by atoms with Crippen LogP contribution in [0.15, 0.2) is 0 Å². The molecule has 2 saturated heterocycles. The molecular formula is C7H13NO2. The Morgan fingerprint density at radius 3 is 2.60 bits per heavy atom. The molecule has 58 valence electrons. The van der Waals surface area contributed by atoms with E-state index >= 15 is 0 Å². The van der Waals surface area contributed by atoms with Gasteiger partial charge in [-0.2, -0.15) is 0 Å². The monoisotopic (exact) mass is 143 g/mol. The molecule has 3 rings (SSSR count). The number of ether oxygens (including phenoxy) is 1. The molecule has 3 heteroatoms. The van der Waals surface area contributed by atoms with E-state index in [4.69, 9.17) is 15.6 Å². The van der Waals surface area contributed by atoms with Gasteiger partial charge in [-0.1, -0.05) is 0 Å². The molecule has 3 fully saturated rings.